The molecule has 0 amide bonds. The van der Waals surface area contributed by atoms with Crippen molar-refractivity contribution in [3.05, 3.63) is 53.6 Å². The molecule has 0 atom stereocenters. The van der Waals surface area contributed by atoms with Gasteiger partial charge in [-0.25, -0.2) is 4.68 Å². The molecule has 0 fully saturated rings. The van der Waals surface area contributed by atoms with Gasteiger partial charge in [-0.2, -0.15) is 0 Å². The van der Waals surface area contributed by atoms with Gasteiger partial charge >= 0.3 is 0 Å². The summed E-state index contributed by atoms with van der Waals surface area (Å²) in [7, 11) is 0. The third-order valence-electron chi connectivity index (χ3n) is 3.45. The van der Waals surface area contributed by atoms with Crippen LogP contribution in [-0.4, -0.2) is 15.7 Å². The van der Waals surface area contributed by atoms with E-state index in [0.29, 0.717) is 5.02 Å². The Hall–Kier alpha value is -1.78. The van der Waals surface area contributed by atoms with Crippen molar-refractivity contribution in [2.75, 3.05) is 10.9 Å². The van der Waals surface area contributed by atoms with E-state index in [9.17, 15) is 5.11 Å². The maximum Gasteiger partial charge on any atom is 0.211 e. The SMILES string of the molecule is Oc1cc2ccccc2n1N1CSc2ccc(Cl)cc21. The first kappa shape index (κ1) is 12.0. The Balaban J connectivity index is 1.94. The van der Waals surface area contributed by atoms with E-state index in [1.807, 2.05) is 52.1 Å². The highest BCUT2D eigenvalue weighted by Gasteiger charge is 2.24. The van der Waals surface area contributed by atoms with Crippen molar-refractivity contribution in [2.24, 2.45) is 0 Å². The van der Waals surface area contributed by atoms with Gasteiger partial charge in [-0.3, -0.25) is 5.01 Å². The second kappa shape index (κ2) is 4.36. The molecule has 1 aromatic heterocycles. The summed E-state index contributed by atoms with van der Waals surface area (Å²) in [6.45, 7) is 0. The van der Waals surface area contributed by atoms with Crippen molar-refractivity contribution >= 4 is 40.0 Å². The van der Waals surface area contributed by atoms with Crippen LogP contribution in [-0.2, 0) is 0 Å². The summed E-state index contributed by atoms with van der Waals surface area (Å²) >= 11 is 7.84. The van der Waals surface area contributed by atoms with Gasteiger partial charge in [-0.15, -0.1) is 11.8 Å². The van der Waals surface area contributed by atoms with Gasteiger partial charge in [0.2, 0.25) is 5.88 Å². The molecule has 0 saturated carbocycles. The number of hydrogen-bond donors (Lipinski definition) is 1. The molecule has 3 nitrogen and oxygen atoms in total. The van der Waals surface area contributed by atoms with Crippen LogP contribution in [0.3, 0.4) is 0 Å². The zero-order valence-corrected chi connectivity index (χ0v) is 12.0. The molecule has 1 aliphatic heterocycles. The summed E-state index contributed by atoms with van der Waals surface area (Å²) < 4.78 is 1.84. The molecule has 5 heteroatoms. The average Bonchev–Trinajstić information content (AvgIpc) is 2.98. The molecule has 1 aliphatic rings. The molecule has 0 aliphatic carbocycles. The number of hydrogen-bond acceptors (Lipinski definition) is 3. The molecule has 0 spiro atoms. The first-order chi connectivity index (χ1) is 9.74. The van der Waals surface area contributed by atoms with Crippen LogP contribution in [0.5, 0.6) is 5.88 Å². The van der Waals surface area contributed by atoms with E-state index >= 15 is 0 Å². The van der Waals surface area contributed by atoms with Gasteiger partial charge in [0, 0.05) is 21.4 Å². The topological polar surface area (TPSA) is 28.4 Å². The normalized spacial score (nSPS) is 13.9. The van der Waals surface area contributed by atoms with E-state index in [1.54, 1.807) is 17.8 Å². The number of para-hydroxylation sites is 1. The van der Waals surface area contributed by atoms with Crippen LogP contribution in [0.25, 0.3) is 10.9 Å². The van der Waals surface area contributed by atoms with E-state index in [1.165, 1.54) is 4.90 Å². The number of benzene rings is 2. The summed E-state index contributed by atoms with van der Waals surface area (Å²) in [5.74, 6) is 0.988. The third-order valence-corrected chi connectivity index (χ3v) is 4.71. The van der Waals surface area contributed by atoms with Gasteiger partial charge in [0.25, 0.3) is 0 Å². The van der Waals surface area contributed by atoms with Crippen molar-refractivity contribution in [2.45, 2.75) is 4.90 Å². The Bertz CT molecular complexity index is 815. The van der Waals surface area contributed by atoms with E-state index in [0.717, 1.165) is 22.5 Å². The first-order valence-corrected chi connectivity index (χ1v) is 7.60. The number of aromatic nitrogens is 1. The molecule has 2 heterocycles. The van der Waals surface area contributed by atoms with Gasteiger partial charge in [0.05, 0.1) is 17.1 Å². The molecule has 3 aromatic rings. The van der Waals surface area contributed by atoms with Crippen LogP contribution in [0.15, 0.2) is 53.4 Å². The predicted molar refractivity (Wildman–Crippen MR) is 83.7 cm³/mol. The number of thioether (sulfide) groups is 1. The summed E-state index contributed by atoms with van der Waals surface area (Å²) in [6.07, 6.45) is 0. The van der Waals surface area contributed by atoms with Gasteiger partial charge in [-0.1, -0.05) is 29.8 Å². The quantitative estimate of drug-likeness (QED) is 0.725. The Morgan fingerprint density at radius 2 is 1.95 bits per heavy atom. The molecular weight excluding hydrogens is 292 g/mol. The Labute approximate surface area is 125 Å². The van der Waals surface area contributed by atoms with Crippen molar-refractivity contribution in [1.29, 1.82) is 0 Å². The fraction of sp³-hybridized carbons (Fsp3) is 0.0667. The van der Waals surface area contributed by atoms with E-state index in [-0.39, 0.29) is 5.88 Å². The minimum absolute atomic E-state index is 0.236. The number of nitrogens with zero attached hydrogens (tertiary/aromatic N) is 2. The fourth-order valence-corrected chi connectivity index (χ4v) is 3.72. The number of anilines is 1. The zero-order valence-electron chi connectivity index (χ0n) is 10.5. The number of fused-ring (bicyclic) bond motifs is 2. The molecule has 20 heavy (non-hydrogen) atoms. The highest BCUT2D eigenvalue weighted by Crippen LogP contribution is 2.42. The molecule has 1 N–H and O–H groups in total. The maximum atomic E-state index is 10.3. The second-order valence-corrected chi connectivity index (χ2v) is 6.08. The van der Waals surface area contributed by atoms with Crippen LogP contribution in [0.1, 0.15) is 0 Å². The molecule has 0 bridgehead atoms. The van der Waals surface area contributed by atoms with Crippen molar-refractivity contribution < 1.29 is 5.11 Å². The predicted octanol–water partition coefficient (Wildman–Crippen LogP) is 4.33. The summed E-state index contributed by atoms with van der Waals surface area (Å²) in [6, 6.07) is 15.6. The molecule has 0 unspecified atom stereocenters. The highest BCUT2D eigenvalue weighted by atomic mass is 35.5. The van der Waals surface area contributed by atoms with Crippen molar-refractivity contribution in [1.82, 2.24) is 4.68 Å². The molecule has 2 aromatic carbocycles. The monoisotopic (exact) mass is 302 g/mol. The average molecular weight is 303 g/mol. The lowest BCUT2D eigenvalue weighted by Crippen LogP contribution is -2.25. The summed E-state index contributed by atoms with van der Waals surface area (Å²) in [5.41, 5.74) is 2.01. The number of rotatable bonds is 1. The third kappa shape index (κ3) is 1.69. The smallest absolute Gasteiger partial charge is 0.211 e. The van der Waals surface area contributed by atoms with Crippen LogP contribution in [0.2, 0.25) is 5.02 Å². The maximum absolute atomic E-state index is 10.3. The number of aromatic hydroxyl groups is 1. The van der Waals surface area contributed by atoms with Crippen LogP contribution >= 0.6 is 23.4 Å². The van der Waals surface area contributed by atoms with Crippen molar-refractivity contribution in [3.63, 3.8) is 0 Å². The van der Waals surface area contributed by atoms with Crippen molar-refractivity contribution in [3.8, 4) is 5.88 Å². The summed E-state index contributed by atoms with van der Waals surface area (Å²) in [4.78, 5) is 1.17. The Kier molecular flexibility index (Phi) is 2.62. The summed E-state index contributed by atoms with van der Waals surface area (Å²) in [5, 5.41) is 14.0. The largest absolute Gasteiger partial charge is 0.493 e. The Morgan fingerprint density at radius 1 is 1.10 bits per heavy atom. The van der Waals surface area contributed by atoms with Gasteiger partial charge in [-0.05, 0) is 24.3 Å². The minimum atomic E-state index is 0.236. The van der Waals surface area contributed by atoms with Gasteiger partial charge in [0.1, 0.15) is 0 Å². The lowest BCUT2D eigenvalue weighted by atomic mass is 10.2. The molecule has 100 valence electrons. The van der Waals surface area contributed by atoms with Crippen LogP contribution in [0, 0.1) is 0 Å². The minimum Gasteiger partial charge on any atom is -0.493 e. The van der Waals surface area contributed by atoms with E-state index in [4.69, 9.17) is 11.6 Å². The highest BCUT2D eigenvalue weighted by molar-refractivity contribution is 7.99. The lowest BCUT2D eigenvalue weighted by Gasteiger charge is -2.22. The van der Waals surface area contributed by atoms with Crippen LogP contribution in [0.4, 0.5) is 5.69 Å². The Morgan fingerprint density at radius 3 is 2.85 bits per heavy atom. The fourth-order valence-electron chi connectivity index (χ4n) is 2.56. The van der Waals surface area contributed by atoms with Gasteiger partial charge in [0.15, 0.2) is 0 Å². The lowest BCUT2D eigenvalue weighted by molar-refractivity contribution is 0.427. The zero-order chi connectivity index (χ0) is 13.7. The van der Waals surface area contributed by atoms with Gasteiger partial charge < -0.3 is 5.11 Å². The molecule has 0 radical (unpaired) electrons. The van der Waals surface area contributed by atoms with E-state index < -0.39 is 0 Å². The second-order valence-electron chi connectivity index (χ2n) is 4.66. The van der Waals surface area contributed by atoms with E-state index in [2.05, 4.69) is 0 Å². The standard InChI is InChI=1S/C15H11ClN2OS/c16-11-5-6-14-13(8-11)17(9-20-14)18-12-4-2-1-3-10(12)7-15(18)19/h1-8,19H,9H2. The molecule has 0 saturated heterocycles. The first-order valence-electron chi connectivity index (χ1n) is 6.24. The molecular formula is C15H11ClN2OS. The van der Waals surface area contributed by atoms with Crippen LogP contribution < -0.4 is 5.01 Å². The number of halogens is 1. The molecule has 4 rings (SSSR count).